The van der Waals surface area contributed by atoms with Gasteiger partial charge in [0.2, 0.25) is 24.0 Å². The third-order valence-corrected chi connectivity index (χ3v) is 9.03. The Bertz CT molecular complexity index is 1070. The molecule has 3 rings (SSSR count). The number of methoxy groups -OCH3 is 1. The molecule has 1 saturated carbocycles. The van der Waals surface area contributed by atoms with Gasteiger partial charge in [0.05, 0.1) is 19.1 Å². The van der Waals surface area contributed by atoms with Crippen LogP contribution in [0.5, 0.6) is 0 Å². The van der Waals surface area contributed by atoms with Crippen molar-refractivity contribution in [1.29, 1.82) is 0 Å². The molecule has 0 aromatic rings. The van der Waals surface area contributed by atoms with Gasteiger partial charge in [-0.15, -0.1) is 0 Å². The second kappa shape index (κ2) is 30.1. The molecule has 0 aromatic heterocycles. The number of likely N-dealkylation sites (tertiary alicyclic amines) is 2. The van der Waals surface area contributed by atoms with Gasteiger partial charge in [0.15, 0.2) is 0 Å². The number of ether oxygens (including phenoxy) is 1. The van der Waals surface area contributed by atoms with E-state index < -0.39 is 11.7 Å². The first-order valence-corrected chi connectivity index (χ1v) is 20.6. The van der Waals surface area contributed by atoms with Crippen molar-refractivity contribution in [3.05, 3.63) is 0 Å². The van der Waals surface area contributed by atoms with Gasteiger partial charge < -0.3 is 35.8 Å². The molecule has 3 fully saturated rings. The van der Waals surface area contributed by atoms with E-state index >= 15 is 0 Å². The molecule has 4 N–H and O–H groups in total. The fourth-order valence-corrected chi connectivity index (χ4v) is 5.45. The van der Waals surface area contributed by atoms with E-state index in [1.165, 1.54) is 38.5 Å². The van der Waals surface area contributed by atoms with Crippen LogP contribution in [0.2, 0.25) is 0 Å². The number of unbranched alkanes of at least 4 members (excludes halogenated alkanes) is 4. The number of amides is 6. The van der Waals surface area contributed by atoms with Crippen LogP contribution in [0.25, 0.3) is 0 Å². The number of hydrogen-bond donors (Lipinski definition) is 4. The first-order valence-electron chi connectivity index (χ1n) is 20.6. The average molecular weight is 769 g/mol. The van der Waals surface area contributed by atoms with Gasteiger partial charge in [-0.25, -0.2) is 4.79 Å². The van der Waals surface area contributed by atoms with Gasteiger partial charge in [-0.2, -0.15) is 0 Å². The Morgan fingerprint density at radius 1 is 0.963 bits per heavy atom. The highest BCUT2D eigenvalue weighted by atomic mass is 16.5. The Kier molecular flexibility index (Phi) is 29.4. The summed E-state index contributed by atoms with van der Waals surface area (Å²) >= 11 is 0. The van der Waals surface area contributed by atoms with Crippen LogP contribution in [-0.4, -0.2) is 110 Å². The molecule has 0 spiro atoms. The number of carbonyl (C=O) groups is 6. The van der Waals surface area contributed by atoms with Gasteiger partial charge in [-0.1, -0.05) is 101 Å². The number of rotatable bonds is 16. The van der Waals surface area contributed by atoms with E-state index in [0.717, 1.165) is 45.3 Å². The Morgan fingerprint density at radius 2 is 1.57 bits per heavy atom. The molecular weight excluding hydrogens is 688 g/mol. The lowest BCUT2D eigenvalue weighted by atomic mass is 9.81. The largest absolute Gasteiger partial charge is 0.385 e. The van der Waals surface area contributed by atoms with Crippen molar-refractivity contribution in [2.45, 2.75) is 171 Å². The normalized spacial score (nSPS) is 17.6. The molecule has 3 aliphatic rings. The zero-order valence-electron chi connectivity index (χ0n) is 36.3. The monoisotopic (exact) mass is 769 g/mol. The fourth-order valence-electron chi connectivity index (χ4n) is 5.45. The van der Waals surface area contributed by atoms with Crippen LogP contribution < -0.4 is 21.3 Å². The minimum absolute atomic E-state index is 0.00384. The van der Waals surface area contributed by atoms with E-state index in [-0.39, 0.29) is 59.9 Å². The van der Waals surface area contributed by atoms with Crippen molar-refractivity contribution in [3.63, 3.8) is 0 Å². The summed E-state index contributed by atoms with van der Waals surface area (Å²) in [5.74, 6) is -1.10. The summed E-state index contributed by atoms with van der Waals surface area (Å²) in [7, 11) is 1.76. The molecule has 54 heavy (non-hydrogen) atoms. The number of carbonyl (C=O) groups excluding carboxylic acids is 6. The summed E-state index contributed by atoms with van der Waals surface area (Å²) in [4.78, 5) is 72.4. The van der Waals surface area contributed by atoms with E-state index in [4.69, 9.17) is 4.74 Å². The molecule has 2 heterocycles. The first-order chi connectivity index (χ1) is 25.5. The van der Waals surface area contributed by atoms with Gasteiger partial charge in [0, 0.05) is 51.9 Å². The minimum Gasteiger partial charge on any atom is -0.385 e. The van der Waals surface area contributed by atoms with Gasteiger partial charge in [-0.05, 0) is 56.3 Å². The molecule has 13 nitrogen and oxygen atoms in total. The Balaban J connectivity index is 0. The molecule has 1 aliphatic carbocycles. The number of Topliss-reactive ketones (excluding diaryl/α,β-unsaturated/α-hetero) is 1. The molecule has 316 valence electrons. The molecule has 2 saturated heterocycles. The lowest BCUT2D eigenvalue weighted by Gasteiger charge is -2.41. The molecule has 0 radical (unpaired) electrons. The maximum Gasteiger partial charge on any atom is 0.315 e. The van der Waals surface area contributed by atoms with Crippen molar-refractivity contribution in [2.75, 3.05) is 46.4 Å². The third kappa shape index (κ3) is 25.7. The summed E-state index contributed by atoms with van der Waals surface area (Å²) in [5.41, 5.74) is -0.166. The van der Waals surface area contributed by atoms with Crippen LogP contribution in [0, 0.1) is 10.8 Å². The van der Waals surface area contributed by atoms with E-state index in [1.54, 1.807) is 7.11 Å². The van der Waals surface area contributed by atoms with E-state index in [2.05, 4.69) is 55.9 Å². The lowest BCUT2D eigenvalue weighted by molar-refractivity contribution is -0.138. The zero-order valence-corrected chi connectivity index (χ0v) is 36.3. The summed E-state index contributed by atoms with van der Waals surface area (Å²) < 4.78 is 4.92. The smallest absolute Gasteiger partial charge is 0.315 e. The number of ketones is 1. The number of urea groups is 1. The van der Waals surface area contributed by atoms with Crippen LogP contribution in [0.4, 0.5) is 4.79 Å². The standard InChI is InChI=1S/C21H38N4O3.C8H18O.C7H10N2O3.C3H8.C2H6/c1-15-8-7-10-25(15)18(27)13-22-19(28)23-16(20(2,3)4)14-24-11-9-21(5,6)12-17(24)26;1-3-4-5-6-7-8-9-2;10-4-8-3-6(11)7(12)9-5-1-2-5;1-3-2;1-2/h15-16H,7-14H2,1-6H3,(H2,22,23,28);3-8H2,1-2H3;4-5H,1-3H2,(H,8,10)(H,9,12);3H2,1-2H3;1-2H3. The van der Waals surface area contributed by atoms with Crippen molar-refractivity contribution < 1.29 is 33.5 Å². The van der Waals surface area contributed by atoms with Crippen LogP contribution in [0.3, 0.4) is 0 Å². The first kappa shape index (κ1) is 52.9. The average Bonchev–Trinajstić information content (AvgIpc) is 3.83. The van der Waals surface area contributed by atoms with Crippen LogP contribution in [-0.2, 0) is 28.7 Å². The quantitative estimate of drug-likeness (QED) is 0.0851. The molecule has 2 unspecified atom stereocenters. The number of piperidine rings is 1. The van der Waals surface area contributed by atoms with Gasteiger partial charge in [-0.3, -0.25) is 24.0 Å². The predicted molar refractivity (Wildman–Crippen MR) is 218 cm³/mol. The van der Waals surface area contributed by atoms with E-state index in [1.807, 2.05) is 51.3 Å². The molecule has 2 aliphatic heterocycles. The third-order valence-electron chi connectivity index (χ3n) is 9.03. The number of hydrogen-bond acceptors (Lipinski definition) is 7. The maximum atomic E-state index is 12.5. The van der Waals surface area contributed by atoms with E-state index in [0.29, 0.717) is 25.9 Å². The maximum absolute atomic E-state index is 12.5. The van der Waals surface area contributed by atoms with Gasteiger partial charge in [0.25, 0.3) is 5.91 Å². The van der Waals surface area contributed by atoms with Crippen molar-refractivity contribution >= 4 is 35.9 Å². The zero-order chi connectivity index (χ0) is 41.7. The highest BCUT2D eigenvalue weighted by Crippen LogP contribution is 2.31. The minimum atomic E-state index is -0.605. The topological polar surface area (TPSA) is 166 Å². The van der Waals surface area contributed by atoms with Crippen LogP contribution >= 0.6 is 0 Å². The summed E-state index contributed by atoms with van der Waals surface area (Å²) in [6, 6.07) is -0.130. The fraction of sp³-hybridized carbons (Fsp3) is 0.854. The summed E-state index contributed by atoms with van der Waals surface area (Å²) in [6.07, 6.45) is 13.7. The number of nitrogens with zero attached hydrogens (tertiary/aromatic N) is 2. The van der Waals surface area contributed by atoms with Crippen LogP contribution in [0.15, 0.2) is 0 Å². The summed E-state index contributed by atoms with van der Waals surface area (Å²) in [5, 5.41) is 10.3. The molecule has 2 atom stereocenters. The number of nitrogens with one attached hydrogen (secondary N) is 4. The predicted octanol–water partition coefficient (Wildman–Crippen LogP) is 5.99. The highest BCUT2D eigenvalue weighted by Gasteiger charge is 2.35. The SMILES string of the molecule is CC.CC1CCCN1C(=O)CNC(=O)NC(CN1CCC(C)(C)CC1=O)C(C)(C)C.CCC.CCCCCCCOC.O=CNCC(=O)C(=O)NC1CC1. The van der Waals surface area contributed by atoms with Crippen molar-refractivity contribution in [2.24, 2.45) is 10.8 Å². The molecule has 13 heteroatoms. The van der Waals surface area contributed by atoms with Crippen molar-refractivity contribution in [1.82, 2.24) is 31.1 Å². The molecular formula is C41H80N6O7. The Hall–Kier alpha value is -3.22. The van der Waals surface area contributed by atoms with Crippen LogP contribution in [0.1, 0.15) is 153 Å². The van der Waals surface area contributed by atoms with Gasteiger partial charge in [0.1, 0.15) is 0 Å². The molecule has 6 amide bonds. The van der Waals surface area contributed by atoms with Crippen molar-refractivity contribution in [3.8, 4) is 0 Å². The molecule has 0 bridgehead atoms. The highest BCUT2D eigenvalue weighted by molar-refractivity contribution is 6.37. The van der Waals surface area contributed by atoms with Gasteiger partial charge >= 0.3 is 6.03 Å². The Labute approximate surface area is 328 Å². The Morgan fingerprint density at radius 3 is 2.06 bits per heavy atom. The summed E-state index contributed by atoms with van der Waals surface area (Å²) in [6.45, 7) is 25.6. The second-order valence-electron chi connectivity index (χ2n) is 16.0. The van der Waals surface area contributed by atoms with E-state index in [9.17, 15) is 28.8 Å². The lowest BCUT2D eigenvalue weighted by Crippen LogP contribution is -2.56. The molecule has 0 aromatic carbocycles. The second-order valence-corrected chi connectivity index (χ2v) is 16.0.